The Morgan fingerprint density at radius 3 is 2.33 bits per heavy atom. The Morgan fingerprint density at radius 2 is 1.70 bits per heavy atom. The van der Waals surface area contributed by atoms with E-state index in [9.17, 15) is 17.6 Å². The summed E-state index contributed by atoms with van der Waals surface area (Å²) in [7, 11) is -4.07. The van der Waals surface area contributed by atoms with Crippen LogP contribution in [0.4, 0.5) is 4.39 Å². The summed E-state index contributed by atoms with van der Waals surface area (Å²) >= 11 is 12.5. The van der Waals surface area contributed by atoms with Crippen LogP contribution in [0.25, 0.3) is 0 Å². The van der Waals surface area contributed by atoms with Gasteiger partial charge in [0.2, 0.25) is 10.0 Å². The minimum atomic E-state index is -4.07. The van der Waals surface area contributed by atoms with Crippen molar-refractivity contribution in [3.63, 3.8) is 0 Å². The summed E-state index contributed by atoms with van der Waals surface area (Å²) in [5.74, 6) is -1.14. The van der Waals surface area contributed by atoms with Crippen molar-refractivity contribution in [3.8, 4) is 0 Å². The van der Waals surface area contributed by atoms with Gasteiger partial charge in [-0.25, -0.2) is 18.2 Å². The summed E-state index contributed by atoms with van der Waals surface area (Å²) in [6, 6.07) is 16.7. The van der Waals surface area contributed by atoms with E-state index >= 15 is 0 Å². The number of hydrogen-bond acceptors (Lipinski definition) is 4. The molecule has 0 saturated carbocycles. The maximum absolute atomic E-state index is 13.3. The van der Waals surface area contributed by atoms with E-state index in [4.69, 9.17) is 23.2 Å². The van der Waals surface area contributed by atoms with Crippen LogP contribution in [0.3, 0.4) is 0 Å². The lowest BCUT2D eigenvalue weighted by Gasteiger charge is -2.22. The highest BCUT2D eigenvalue weighted by molar-refractivity contribution is 7.89. The Bertz CT molecular complexity index is 1260. The van der Waals surface area contributed by atoms with Crippen LogP contribution in [0, 0.1) is 12.7 Å². The largest absolute Gasteiger partial charge is 0.272 e. The van der Waals surface area contributed by atoms with Gasteiger partial charge in [-0.3, -0.25) is 4.79 Å². The fourth-order valence-electron chi connectivity index (χ4n) is 2.91. The van der Waals surface area contributed by atoms with Gasteiger partial charge in [0, 0.05) is 22.2 Å². The number of hydrazone groups is 1. The summed E-state index contributed by atoms with van der Waals surface area (Å²) in [5, 5.41) is 4.33. The zero-order valence-corrected chi connectivity index (χ0v) is 19.8. The number of halogens is 3. The average molecular weight is 508 g/mol. The predicted molar refractivity (Wildman–Crippen MR) is 127 cm³/mol. The molecule has 0 saturated heterocycles. The molecule has 0 aliphatic carbocycles. The van der Waals surface area contributed by atoms with E-state index in [1.54, 1.807) is 36.4 Å². The third-order valence-electron chi connectivity index (χ3n) is 4.63. The van der Waals surface area contributed by atoms with Gasteiger partial charge in [-0.15, -0.1) is 0 Å². The van der Waals surface area contributed by atoms with Crippen molar-refractivity contribution in [3.05, 3.63) is 99.3 Å². The van der Waals surface area contributed by atoms with Crippen molar-refractivity contribution in [2.45, 2.75) is 18.4 Å². The van der Waals surface area contributed by atoms with Crippen LogP contribution in [-0.2, 0) is 21.4 Å². The molecule has 10 heteroatoms. The van der Waals surface area contributed by atoms with Gasteiger partial charge in [-0.1, -0.05) is 59.1 Å². The number of carbonyl (C=O) groups is 1. The third kappa shape index (κ3) is 6.61. The van der Waals surface area contributed by atoms with Gasteiger partial charge in [0.05, 0.1) is 17.7 Å². The van der Waals surface area contributed by atoms with Crippen molar-refractivity contribution < 1.29 is 17.6 Å². The normalized spacial score (nSPS) is 11.8. The molecule has 0 fully saturated rings. The molecule has 3 aromatic rings. The van der Waals surface area contributed by atoms with E-state index in [-0.39, 0.29) is 21.5 Å². The van der Waals surface area contributed by atoms with Crippen LogP contribution >= 0.6 is 23.2 Å². The number of sulfonamides is 1. The molecule has 3 rings (SSSR count). The smallest absolute Gasteiger partial charge is 0.255 e. The molecular formula is C23H20Cl2FN3O3S. The number of rotatable bonds is 8. The minimum absolute atomic E-state index is 0.0207. The Hall–Kier alpha value is -2.78. The van der Waals surface area contributed by atoms with E-state index < -0.39 is 28.3 Å². The molecular weight excluding hydrogens is 488 g/mol. The molecule has 0 bridgehead atoms. The molecule has 0 spiro atoms. The highest BCUT2D eigenvalue weighted by atomic mass is 35.5. The lowest BCUT2D eigenvalue weighted by Crippen LogP contribution is -2.39. The molecule has 3 aromatic carbocycles. The van der Waals surface area contributed by atoms with Crippen molar-refractivity contribution >= 4 is 45.3 Å². The van der Waals surface area contributed by atoms with Crippen molar-refractivity contribution in [1.82, 2.24) is 9.73 Å². The summed E-state index contributed by atoms with van der Waals surface area (Å²) in [6.45, 7) is 1.07. The monoisotopic (exact) mass is 507 g/mol. The van der Waals surface area contributed by atoms with Gasteiger partial charge >= 0.3 is 0 Å². The van der Waals surface area contributed by atoms with Gasteiger partial charge in [-0.05, 0) is 48.9 Å². The summed E-state index contributed by atoms with van der Waals surface area (Å²) in [4.78, 5) is 12.6. The number of nitrogens with zero attached hydrogens (tertiary/aromatic N) is 2. The van der Waals surface area contributed by atoms with Gasteiger partial charge in [0.25, 0.3) is 5.91 Å². The molecule has 0 radical (unpaired) electrons. The molecule has 33 heavy (non-hydrogen) atoms. The zero-order chi connectivity index (χ0) is 24.0. The topological polar surface area (TPSA) is 78.8 Å². The first-order chi connectivity index (χ1) is 15.7. The van der Waals surface area contributed by atoms with Gasteiger partial charge in [0.15, 0.2) is 0 Å². The molecule has 172 valence electrons. The van der Waals surface area contributed by atoms with Gasteiger partial charge in [-0.2, -0.15) is 9.41 Å². The fourth-order valence-corrected chi connectivity index (χ4v) is 4.79. The van der Waals surface area contributed by atoms with E-state index in [0.29, 0.717) is 11.1 Å². The Labute approximate surface area is 201 Å². The van der Waals surface area contributed by atoms with Crippen LogP contribution < -0.4 is 5.43 Å². The highest BCUT2D eigenvalue weighted by Gasteiger charge is 2.28. The van der Waals surface area contributed by atoms with E-state index in [1.165, 1.54) is 36.5 Å². The lowest BCUT2D eigenvalue weighted by atomic mass is 10.2. The SMILES string of the molecule is Cc1ccc(S(=O)(=O)N(CC(=O)N/N=C\c2cccc(F)c2)Cc2c(Cl)cccc2Cl)cc1. The standard InChI is InChI=1S/C23H20Cl2FN3O3S/c1-16-8-10-19(11-9-16)33(31,32)29(14-20-21(24)6-3-7-22(20)25)15-23(30)28-27-13-17-4-2-5-18(26)12-17/h2-13H,14-15H2,1H3,(H,28,30)/b27-13-. The maximum Gasteiger partial charge on any atom is 0.255 e. The van der Waals surface area contributed by atoms with Gasteiger partial charge < -0.3 is 0 Å². The minimum Gasteiger partial charge on any atom is -0.272 e. The predicted octanol–water partition coefficient (Wildman–Crippen LogP) is 4.78. The number of benzene rings is 3. The molecule has 0 atom stereocenters. The summed E-state index contributed by atoms with van der Waals surface area (Å²) in [5.41, 5.74) is 3.95. The molecule has 0 heterocycles. The molecule has 6 nitrogen and oxygen atoms in total. The van der Waals surface area contributed by atoms with Crippen molar-refractivity contribution in [2.24, 2.45) is 5.10 Å². The Kier molecular flexibility index (Phi) is 8.20. The Morgan fingerprint density at radius 1 is 1.06 bits per heavy atom. The zero-order valence-electron chi connectivity index (χ0n) is 17.5. The van der Waals surface area contributed by atoms with Gasteiger partial charge in [0.1, 0.15) is 5.82 Å². The number of nitrogens with one attached hydrogen (secondary N) is 1. The van der Waals surface area contributed by atoms with Crippen LogP contribution in [-0.4, -0.2) is 31.4 Å². The lowest BCUT2D eigenvalue weighted by molar-refractivity contribution is -0.121. The highest BCUT2D eigenvalue weighted by Crippen LogP contribution is 2.28. The second-order valence-electron chi connectivity index (χ2n) is 7.13. The number of amides is 1. The average Bonchev–Trinajstić information content (AvgIpc) is 2.76. The van der Waals surface area contributed by atoms with E-state index in [1.807, 2.05) is 6.92 Å². The molecule has 1 N–H and O–H groups in total. The second kappa shape index (κ2) is 10.9. The van der Waals surface area contributed by atoms with Crippen LogP contribution in [0.1, 0.15) is 16.7 Å². The fraction of sp³-hybridized carbons (Fsp3) is 0.130. The van der Waals surface area contributed by atoms with E-state index in [0.717, 1.165) is 9.87 Å². The number of hydrogen-bond donors (Lipinski definition) is 1. The molecule has 1 amide bonds. The van der Waals surface area contributed by atoms with Crippen LogP contribution in [0.5, 0.6) is 0 Å². The first-order valence-electron chi connectivity index (χ1n) is 9.74. The Balaban J connectivity index is 1.84. The first kappa shape index (κ1) is 24.9. The quantitative estimate of drug-likeness (QED) is 0.351. The number of carbonyl (C=O) groups excluding carboxylic acids is 1. The third-order valence-corrected chi connectivity index (χ3v) is 7.14. The molecule has 0 aromatic heterocycles. The summed E-state index contributed by atoms with van der Waals surface area (Å²) < 4.78 is 40.9. The maximum atomic E-state index is 13.3. The number of aryl methyl sites for hydroxylation is 1. The molecule has 0 unspecified atom stereocenters. The first-order valence-corrected chi connectivity index (χ1v) is 11.9. The van der Waals surface area contributed by atoms with E-state index in [2.05, 4.69) is 10.5 Å². The summed E-state index contributed by atoms with van der Waals surface area (Å²) in [6.07, 6.45) is 1.25. The second-order valence-corrected chi connectivity index (χ2v) is 9.89. The molecule has 0 aliphatic rings. The molecule has 0 aliphatic heterocycles. The van der Waals surface area contributed by atoms with Crippen LogP contribution in [0.2, 0.25) is 10.0 Å². The van der Waals surface area contributed by atoms with Crippen molar-refractivity contribution in [1.29, 1.82) is 0 Å². The van der Waals surface area contributed by atoms with Crippen molar-refractivity contribution in [2.75, 3.05) is 6.54 Å². The van der Waals surface area contributed by atoms with Crippen LogP contribution in [0.15, 0.2) is 76.7 Å².